The molecule has 0 fully saturated rings. The lowest BCUT2D eigenvalue weighted by Gasteiger charge is -2.04. The van der Waals surface area contributed by atoms with Crippen LogP contribution in [0.15, 0.2) is 18.2 Å². The molecule has 0 N–H and O–H groups in total. The molecule has 1 rings (SSSR count). The second kappa shape index (κ2) is 9.93. The number of hydrogen-bond donors (Lipinski definition) is 0. The topological polar surface area (TPSA) is 17.1 Å². The van der Waals surface area contributed by atoms with E-state index in [-0.39, 0.29) is 18.0 Å². The fraction of sp³-hybridized carbons (Fsp3) is 0.588. The molecular formula is C17H24ClFO. The fourth-order valence-corrected chi connectivity index (χ4v) is 2.40. The Hall–Kier alpha value is -0.890. The average molecular weight is 299 g/mol. The second-order valence-corrected chi connectivity index (χ2v) is 5.76. The van der Waals surface area contributed by atoms with Crippen LogP contribution in [0, 0.1) is 5.82 Å². The summed E-state index contributed by atoms with van der Waals surface area (Å²) in [5, 5.41) is 0.366. The fourth-order valence-electron chi connectivity index (χ4n) is 2.25. The molecule has 0 aromatic heterocycles. The molecule has 0 unspecified atom stereocenters. The largest absolute Gasteiger partial charge is 0.299 e. The summed E-state index contributed by atoms with van der Waals surface area (Å²) in [6.45, 7) is 2.20. The zero-order valence-corrected chi connectivity index (χ0v) is 13.0. The second-order valence-electron chi connectivity index (χ2n) is 5.32. The molecule has 1 aromatic rings. The van der Waals surface area contributed by atoms with Gasteiger partial charge in [0, 0.05) is 17.9 Å². The quantitative estimate of drug-likeness (QED) is 0.504. The predicted octanol–water partition coefficient (Wildman–Crippen LogP) is 5.73. The minimum atomic E-state index is -0.384. The van der Waals surface area contributed by atoms with Crippen molar-refractivity contribution >= 4 is 17.4 Å². The Bertz CT molecular complexity index is 417. The van der Waals surface area contributed by atoms with Crippen LogP contribution in [0.2, 0.25) is 5.02 Å². The SMILES string of the molecule is CCCCCCCCCC(=O)Cc1ccc(Cl)cc1F. The maximum absolute atomic E-state index is 13.5. The minimum absolute atomic E-state index is 0.111. The van der Waals surface area contributed by atoms with Crippen LogP contribution in [0.3, 0.4) is 0 Å². The number of rotatable bonds is 10. The normalized spacial score (nSPS) is 10.8. The lowest BCUT2D eigenvalue weighted by Crippen LogP contribution is -2.04. The Kier molecular flexibility index (Phi) is 8.52. The van der Waals surface area contributed by atoms with Crippen molar-refractivity contribution in [3.8, 4) is 0 Å². The Morgan fingerprint density at radius 1 is 1.10 bits per heavy atom. The van der Waals surface area contributed by atoms with Gasteiger partial charge in [0.25, 0.3) is 0 Å². The number of halogens is 2. The van der Waals surface area contributed by atoms with Crippen molar-refractivity contribution in [1.29, 1.82) is 0 Å². The molecule has 0 aliphatic rings. The number of Topliss-reactive ketones (excluding diaryl/α,β-unsaturated/α-hetero) is 1. The summed E-state index contributed by atoms with van der Waals surface area (Å²) < 4.78 is 13.5. The van der Waals surface area contributed by atoms with Gasteiger partial charge < -0.3 is 0 Å². The van der Waals surface area contributed by atoms with Crippen molar-refractivity contribution in [2.45, 2.75) is 64.7 Å². The van der Waals surface area contributed by atoms with Gasteiger partial charge in [-0.2, -0.15) is 0 Å². The molecule has 3 heteroatoms. The summed E-state index contributed by atoms with van der Waals surface area (Å²) in [6, 6.07) is 4.49. The van der Waals surface area contributed by atoms with Gasteiger partial charge >= 0.3 is 0 Å². The van der Waals surface area contributed by atoms with E-state index in [1.54, 1.807) is 12.1 Å². The standard InChI is InChI=1S/C17H24ClFO/c1-2-3-4-5-6-7-8-9-16(20)12-14-10-11-15(18)13-17(14)19/h10-11,13H,2-9,12H2,1H3. The van der Waals surface area contributed by atoms with Gasteiger partial charge in [0.15, 0.2) is 0 Å². The average Bonchev–Trinajstić information content (AvgIpc) is 2.41. The van der Waals surface area contributed by atoms with Crippen LogP contribution in [-0.2, 0) is 11.2 Å². The van der Waals surface area contributed by atoms with Gasteiger partial charge in [-0.05, 0) is 24.1 Å². The molecule has 1 nitrogen and oxygen atoms in total. The molecule has 1 aromatic carbocycles. The van der Waals surface area contributed by atoms with Crippen LogP contribution >= 0.6 is 11.6 Å². The smallest absolute Gasteiger partial charge is 0.137 e. The molecule has 0 heterocycles. The summed E-state index contributed by atoms with van der Waals surface area (Å²) in [5.74, 6) is -0.273. The number of unbranched alkanes of at least 4 members (excludes halogenated alkanes) is 6. The van der Waals surface area contributed by atoms with E-state index in [2.05, 4.69) is 6.92 Å². The first-order valence-corrected chi connectivity index (χ1v) is 7.97. The zero-order chi connectivity index (χ0) is 14.8. The highest BCUT2D eigenvalue weighted by atomic mass is 35.5. The lowest BCUT2D eigenvalue weighted by molar-refractivity contribution is -0.118. The van der Waals surface area contributed by atoms with Gasteiger partial charge in [-0.25, -0.2) is 4.39 Å². The first-order chi connectivity index (χ1) is 9.63. The van der Waals surface area contributed by atoms with E-state index in [1.165, 1.54) is 38.2 Å². The number of benzene rings is 1. The number of carbonyl (C=O) groups excluding carboxylic acids is 1. The number of ketones is 1. The van der Waals surface area contributed by atoms with Gasteiger partial charge in [0.2, 0.25) is 0 Å². The van der Waals surface area contributed by atoms with Gasteiger partial charge in [0.05, 0.1) is 0 Å². The van der Waals surface area contributed by atoms with Crippen molar-refractivity contribution in [3.05, 3.63) is 34.6 Å². The number of hydrogen-bond acceptors (Lipinski definition) is 1. The first-order valence-electron chi connectivity index (χ1n) is 7.59. The van der Waals surface area contributed by atoms with E-state index in [9.17, 15) is 9.18 Å². The molecule has 20 heavy (non-hydrogen) atoms. The zero-order valence-electron chi connectivity index (χ0n) is 12.3. The minimum Gasteiger partial charge on any atom is -0.299 e. The van der Waals surface area contributed by atoms with Gasteiger partial charge in [-0.1, -0.05) is 63.1 Å². The Morgan fingerprint density at radius 2 is 1.75 bits per heavy atom. The van der Waals surface area contributed by atoms with Crippen LogP contribution in [0.5, 0.6) is 0 Å². The van der Waals surface area contributed by atoms with E-state index in [1.807, 2.05) is 0 Å². The molecule has 0 bridgehead atoms. The van der Waals surface area contributed by atoms with E-state index < -0.39 is 0 Å². The maximum Gasteiger partial charge on any atom is 0.137 e. The molecule has 0 radical (unpaired) electrons. The van der Waals surface area contributed by atoms with Crippen molar-refractivity contribution < 1.29 is 9.18 Å². The molecule has 0 aliphatic heterocycles. The third-order valence-electron chi connectivity index (χ3n) is 3.46. The highest BCUT2D eigenvalue weighted by Gasteiger charge is 2.08. The van der Waals surface area contributed by atoms with Crippen LogP contribution in [-0.4, -0.2) is 5.78 Å². The summed E-state index contributed by atoms with van der Waals surface area (Å²) in [6.07, 6.45) is 9.05. The van der Waals surface area contributed by atoms with Crippen molar-refractivity contribution in [1.82, 2.24) is 0 Å². The summed E-state index contributed by atoms with van der Waals surface area (Å²) >= 11 is 5.68. The summed E-state index contributed by atoms with van der Waals surface area (Å²) in [7, 11) is 0. The lowest BCUT2D eigenvalue weighted by atomic mass is 10.0. The Labute approximate surface area is 126 Å². The number of carbonyl (C=O) groups is 1. The molecule has 112 valence electrons. The third-order valence-corrected chi connectivity index (χ3v) is 3.70. The molecule has 0 saturated heterocycles. The van der Waals surface area contributed by atoms with Gasteiger partial charge in [-0.3, -0.25) is 4.79 Å². The van der Waals surface area contributed by atoms with Crippen LogP contribution in [0.4, 0.5) is 4.39 Å². The Morgan fingerprint density at radius 3 is 2.40 bits per heavy atom. The summed E-state index contributed by atoms with van der Waals surface area (Å²) in [4.78, 5) is 11.8. The molecule has 0 saturated carbocycles. The monoisotopic (exact) mass is 298 g/mol. The first kappa shape index (κ1) is 17.2. The molecule has 0 atom stereocenters. The van der Waals surface area contributed by atoms with E-state index in [0.29, 0.717) is 17.0 Å². The molecule has 0 spiro atoms. The van der Waals surface area contributed by atoms with Crippen molar-refractivity contribution in [2.24, 2.45) is 0 Å². The molecule has 0 amide bonds. The third kappa shape index (κ3) is 7.04. The summed E-state index contributed by atoms with van der Waals surface area (Å²) in [5.41, 5.74) is 0.447. The Balaban J connectivity index is 2.17. The van der Waals surface area contributed by atoms with Crippen molar-refractivity contribution in [3.63, 3.8) is 0 Å². The van der Waals surface area contributed by atoms with Gasteiger partial charge in [0.1, 0.15) is 11.6 Å². The molecule has 0 aliphatic carbocycles. The van der Waals surface area contributed by atoms with Crippen molar-refractivity contribution in [2.75, 3.05) is 0 Å². The molecular weight excluding hydrogens is 275 g/mol. The van der Waals surface area contributed by atoms with Crippen LogP contribution < -0.4 is 0 Å². The maximum atomic E-state index is 13.5. The predicted molar refractivity (Wildman–Crippen MR) is 82.7 cm³/mol. The van der Waals surface area contributed by atoms with Crippen LogP contribution in [0.25, 0.3) is 0 Å². The van der Waals surface area contributed by atoms with E-state index in [4.69, 9.17) is 11.6 Å². The highest BCUT2D eigenvalue weighted by molar-refractivity contribution is 6.30. The van der Waals surface area contributed by atoms with Gasteiger partial charge in [-0.15, -0.1) is 0 Å². The van der Waals surface area contributed by atoms with E-state index in [0.717, 1.165) is 12.8 Å². The van der Waals surface area contributed by atoms with E-state index >= 15 is 0 Å². The van der Waals surface area contributed by atoms with Crippen LogP contribution in [0.1, 0.15) is 63.9 Å². The highest BCUT2D eigenvalue weighted by Crippen LogP contribution is 2.16.